The Labute approximate surface area is 129 Å². The summed E-state index contributed by atoms with van der Waals surface area (Å²) < 4.78 is 17.9. The average Bonchev–Trinajstić information content (AvgIpc) is 2.89. The molecule has 2 rings (SSSR count). The Bertz CT molecular complexity index is 706. The van der Waals surface area contributed by atoms with E-state index in [1.54, 1.807) is 0 Å². The first kappa shape index (κ1) is 15.8. The molecule has 0 spiro atoms. The molecule has 10 heteroatoms. The van der Waals surface area contributed by atoms with Gasteiger partial charge in [-0.15, -0.1) is 10.2 Å². The van der Waals surface area contributed by atoms with E-state index in [0.717, 1.165) is 10.9 Å². The van der Waals surface area contributed by atoms with E-state index in [1.165, 1.54) is 19.2 Å². The zero-order chi connectivity index (χ0) is 16.1. The van der Waals surface area contributed by atoms with Crippen molar-refractivity contribution in [3.8, 4) is 0 Å². The molecule has 0 aliphatic carbocycles. The molecule has 0 unspecified atom stereocenters. The standard InChI is InChI=1S/C12H11ClFN5O3/c1-22-12(21)5-10-16-18-19(17-10)6-11(20)15-9-4-7(13)2-3-8(9)14/h2-4H,5-6H2,1H3,(H,15,20). The third-order valence-corrected chi connectivity index (χ3v) is 2.75. The first-order valence-corrected chi connectivity index (χ1v) is 6.44. The highest BCUT2D eigenvalue weighted by atomic mass is 35.5. The van der Waals surface area contributed by atoms with Crippen LogP contribution in [0.2, 0.25) is 5.02 Å². The van der Waals surface area contributed by atoms with E-state index in [4.69, 9.17) is 11.6 Å². The number of nitrogens with one attached hydrogen (secondary N) is 1. The van der Waals surface area contributed by atoms with Gasteiger partial charge >= 0.3 is 5.97 Å². The molecular formula is C12H11ClFN5O3. The number of benzene rings is 1. The Hall–Kier alpha value is -2.55. The van der Waals surface area contributed by atoms with Gasteiger partial charge < -0.3 is 10.1 Å². The number of carbonyl (C=O) groups excluding carboxylic acids is 2. The molecule has 0 atom stereocenters. The first-order chi connectivity index (χ1) is 10.5. The molecule has 0 bridgehead atoms. The van der Waals surface area contributed by atoms with Gasteiger partial charge in [0.25, 0.3) is 0 Å². The molecule has 1 N–H and O–H groups in total. The van der Waals surface area contributed by atoms with E-state index in [9.17, 15) is 14.0 Å². The molecule has 0 radical (unpaired) electrons. The van der Waals surface area contributed by atoms with Gasteiger partial charge in [0, 0.05) is 5.02 Å². The molecule has 2 aromatic rings. The summed E-state index contributed by atoms with van der Waals surface area (Å²) in [7, 11) is 1.24. The summed E-state index contributed by atoms with van der Waals surface area (Å²) in [5.41, 5.74) is -0.0487. The molecule has 1 amide bonds. The topological polar surface area (TPSA) is 99.0 Å². The molecule has 1 aromatic carbocycles. The predicted molar refractivity (Wildman–Crippen MR) is 73.6 cm³/mol. The summed E-state index contributed by atoms with van der Waals surface area (Å²) in [6.07, 6.45) is -0.152. The lowest BCUT2D eigenvalue weighted by atomic mass is 10.3. The molecule has 0 saturated carbocycles. The number of amides is 1. The van der Waals surface area contributed by atoms with E-state index >= 15 is 0 Å². The van der Waals surface area contributed by atoms with Crippen molar-refractivity contribution in [2.45, 2.75) is 13.0 Å². The average molecular weight is 328 g/mol. The number of rotatable bonds is 5. The van der Waals surface area contributed by atoms with Gasteiger partial charge in [-0.1, -0.05) is 11.6 Å². The maximum Gasteiger partial charge on any atom is 0.313 e. The lowest BCUT2D eigenvalue weighted by Crippen LogP contribution is -2.21. The Morgan fingerprint density at radius 2 is 2.23 bits per heavy atom. The lowest BCUT2D eigenvalue weighted by Gasteiger charge is -2.06. The van der Waals surface area contributed by atoms with Crippen LogP contribution in [0.1, 0.15) is 5.82 Å². The van der Waals surface area contributed by atoms with E-state index in [1.807, 2.05) is 0 Å². The highest BCUT2D eigenvalue weighted by Crippen LogP contribution is 2.19. The van der Waals surface area contributed by atoms with Crippen LogP contribution >= 0.6 is 11.6 Å². The van der Waals surface area contributed by atoms with Gasteiger partial charge in [-0.3, -0.25) is 9.59 Å². The SMILES string of the molecule is COC(=O)Cc1nnn(CC(=O)Nc2cc(Cl)ccc2F)n1. The molecule has 116 valence electrons. The largest absolute Gasteiger partial charge is 0.469 e. The summed E-state index contributed by atoms with van der Waals surface area (Å²) in [6.45, 7) is -0.292. The van der Waals surface area contributed by atoms with Crippen molar-refractivity contribution in [2.75, 3.05) is 12.4 Å². The van der Waals surface area contributed by atoms with Gasteiger partial charge in [0.15, 0.2) is 5.82 Å². The van der Waals surface area contributed by atoms with Crippen LogP contribution in [0.25, 0.3) is 0 Å². The lowest BCUT2D eigenvalue weighted by molar-refractivity contribution is -0.139. The summed E-state index contributed by atoms with van der Waals surface area (Å²) in [4.78, 5) is 23.8. The van der Waals surface area contributed by atoms with E-state index < -0.39 is 17.7 Å². The Morgan fingerprint density at radius 1 is 1.45 bits per heavy atom. The Kier molecular flexibility index (Phi) is 4.99. The smallest absolute Gasteiger partial charge is 0.313 e. The second-order valence-electron chi connectivity index (χ2n) is 4.16. The number of aromatic nitrogens is 4. The minimum atomic E-state index is -0.615. The van der Waals surface area contributed by atoms with Crippen LogP contribution in [0.4, 0.5) is 10.1 Å². The number of halogens is 2. The molecule has 8 nitrogen and oxygen atoms in total. The molecule has 0 saturated heterocycles. The van der Waals surface area contributed by atoms with Crippen molar-refractivity contribution in [2.24, 2.45) is 0 Å². The molecule has 22 heavy (non-hydrogen) atoms. The van der Waals surface area contributed by atoms with E-state index in [0.29, 0.717) is 0 Å². The van der Waals surface area contributed by atoms with Crippen LogP contribution in [0.15, 0.2) is 18.2 Å². The Morgan fingerprint density at radius 3 is 2.95 bits per heavy atom. The Balaban J connectivity index is 1.97. The maximum atomic E-state index is 13.5. The number of nitrogens with zero attached hydrogens (tertiary/aromatic N) is 4. The van der Waals surface area contributed by atoms with E-state index in [2.05, 4.69) is 25.5 Å². The normalized spacial score (nSPS) is 10.3. The van der Waals surface area contributed by atoms with Crippen LogP contribution in [0.5, 0.6) is 0 Å². The number of anilines is 1. The number of hydrogen-bond acceptors (Lipinski definition) is 6. The van der Waals surface area contributed by atoms with Gasteiger partial charge in [0.2, 0.25) is 5.91 Å². The summed E-state index contributed by atoms with van der Waals surface area (Å²) >= 11 is 5.72. The number of esters is 1. The summed E-state index contributed by atoms with van der Waals surface area (Å²) in [5.74, 6) is -1.59. The number of methoxy groups -OCH3 is 1. The molecule has 0 fully saturated rings. The highest BCUT2D eigenvalue weighted by Gasteiger charge is 2.12. The van der Waals surface area contributed by atoms with Crippen LogP contribution in [-0.2, 0) is 27.3 Å². The minimum absolute atomic E-state index is 0.0487. The third-order valence-electron chi connectivity index (χ3n) is 2.51. The minimum Gasteiger partial charge on any atom is -0.469 e. The van der Waals surface area contributed by atoms with Crippen LogP contribution in [-0.4, -0.2) is 39.2 Å². The number of carbonyl (C=O) groups is 2. The van der Waals surface area contributed by atoms with Crippen molar-refractivity contribution in [3.05, 3.63) is 34.9 Å². The van der Waals surface area contributed by atoms with Crippen molar-refractivity contribution in [1.29, 1.82) is 0 Å². The van der Waals surface area contributed by atoms with Crippen molar-refractivity contribution in [1.82, 2.24) is 20.2 Å². The number of hydrogen-bond donors (Lipinski definition) is 1. The first-order valence-electron chi connectivity index (χ1n) is 6.06. The predicted octanol–water partition coefficient (Wildman–Crippen LogP) is 0.820. The number of ether oxygens (including phenoxy) is 1. The van der Waals surface area contributed by atoms with Gasteiger partial charge in [-0.25, -0.2) is 4.39 Å². The fourth-order valence-corrected chi connectivity index (χ4v) is 1.70. The van der Waals surface area contributed by atoms with Crippen LogP contribution < -0.4 is 5.32 Å². The second-order valence-corrected chi connectivity index (χ2v) is 4.60. The van der Waals surface area contributed by atoms with Crippen molar-refractivity contribution >= 4 is 29.2 Å². The molecule has 0 aliphatic heterocycles. The number of tetrazole rings is 1. The maximum absolute atomic E-state index is 13.5. The zero-order valence-corrected chi connectivity index (χ0v) is 12.2. The fourth-order valence-electron chi connectivity index (χ4n) is 1.53. The fraction of sp³-hybridized carbons (Fsp3) is 0.250. The van der Waals surface area contributed by atoms with Gasteiger partial charge in [-0.05, 0) is 23.4 Å². The van der Waals surface area contributed by atoms with Gasteiger partial charge in [0.05, 0.1) is 12.8 Å². The second kappa shape index (κ2) is 6.94. The monoisotopic (exact) mass is 327 g/mol. The van der Waals surface area contributed by atoms with E-state index in [-0.39, 0.29) is 29.5 Å². The quantitative estimate of drug-likeness (QED) is 0.816. The summed E-state index contributed by atoms with van der Waals surface area (Å²) in [5, 5.41) is 13.7. The molecule has 0 aliphatic rings. The highest BCUT2D eigenvalue weighted by molar-refractivity contribution is 6.30. The van der Waals surface area contributed by atoms with Crippen LogP contribution in [0, 0.1) is 5.82 Å². The molecule has 1 aromatic heterocycles. The van der Waals surface area contributed by atoms with Crippen LogP contribution in [0.3, 0.4) is 0 Å². The van der Waals surface area contributed by atoms with Crippen molar-refractivity contribution in [3.63, 3.8) is 0 Å². The van der Waals surface area contributed by atoms with Crippen molar-refractivity contribution < 1.29 is 18.7 Å². The molecular weight excluding hydrogens is 317 g/mol. The van der Waals surface area contributed by atoms with Gasteiger partial charge in [-0.2, -0.15) is 4.80 Å². The zero-order valence-electron chi connectivity index (χ0n) is 11.4. The third kappa shape index (κ3) is 4.22. The van der Waals surface area contributed by atoms with Gasteiger partial charge in [0.1, 0.15) is 18.8 Å². The molecule has 1 heterocycles. The summed E-state index contributed by atoms with van der Waals surface area (Å²) in [6, 6.07) is 3.79.